The van der Waals surface area contributed by atoms with Crippen molar-refractivity contribution >= 4 is 47.0 Å². The molecule has 0 saturated carbocycles. The van der Waals surface area contributed by atoms with Crippen LogP contribution in [0.2, 0.25) is 5.02 Å². The maximum Gasteiger partial charge on any atom is 0.149 e. The van der Waals surface area contributed by atoms with Gasteiger partial charge in [0.25, 0.3) is 0 Å². The van der Waals surface area contributed by atoms with Crippen molar-refractivity contribution < 1.29 is 4.39 Å². The number of benzene rings is 1. The minimum absolute atomic E-state index is 0.290. The van der Waals surface area contributed by atoms with Gasteiger partial charge in [-0.1, -0.05) is 11.6 Å². The predicted octanol–water partition coefficient (Wildman–Crippen LogP) is 4.77. The molecule has 1 saturated heterocycles. The summed E-state index contributed by atoms with van der Waals surface area (Å²) in [5.41, 5.74) is 4.03. The van der Waals surface area contributed by atoms with Crippen molar-refractivity contribution in [1.29, 1.82) is 0 Å². The van der Waals surface area contributed by atoms with E-state index in [4.69, 9.17) is 11.6 Å². The summed E-state index contributed by atoms with van der Waals surface area (Å²) in [4.78, 5) is 0. The lowest BCUT2D eigenvalue weighted by Gasteiger charge is -2.22. The van der Waals surface area contributed by atoms with E-state index in [0.717, 1.165) is 17.1 Å². The molecule has 18 heavy (non-hydrogen) atoms. The fourth-order valence-electron chi connectivity index (χ4n) is 1.63. The van der Waals surface area contributed by atoms with Gasteiger partial charge in [0.2, 0.25) is 0 Å². The third kappa shape index (κ3) is 3.33. The first-order chi connectivity index (χ1) is 8.72. The number of anilines is 1. The number of nitrogens with one attached hydrogen (secondary N) is 1. The van der Waals surface area contributed by atoms with Crippen LogP contribution in [0.3, 0.4) is 0 Å². The van der Waals surface area contributed by atoms with Crippen LogP contribution in [0.5, 0.6) is 0 Å². The lowest BCUT2D eigenvalue weighted by molar-refractivity contribution is 0.630. The van der Waals surface area contributed by atoms with Gasteiger partial charge >= 0.3 is 0 Å². The topological polar surface area (TPSA) is 24.4 Å². The normalized spacial score (nSPS) is 17.3. The second kappa shape index (κ2) is 6.68. The molecule has 0 aliphatic carbocycles. The molecule has 98 valence electrons. The van der Waals surface area contributed by atoms with Crippen LogP contribution in [0.4, 0.5) is 10.1 Å². The minimum atomic E-state index is -0.375. The number of halogens is 2. The third-order valence-electron chi connectivity index (χ3n) is 2.48. The van der Waals surface area contributed by atoms with Gasteiger partial charge in [-0.15, -0.1) is 23.5 Å². The second-order valence-corrected chi connectivity index (χ2v) is 6.91. The summed E-state index contributed by atoms with van der Waals surface area (Å²) in [7, 11) is 0. The number of rotatable bonds is 3. The van der Waals surface area contributed by atoms with Gasteiger partial charge in [-0.3, -0.25) is 5.43 Å². The van der Waals surface area contributed by atoms with Crippen molar-refractivity contribution in [1.82, 2.24) is 0 Å². The SMILES string of the molecule is C/C=N\Nc1cc(C2SCCCS2)c(Cl)cc1F. The highest BCUT2D eigenvalue weighted by molar-refractivity contribution is 8.16. The summed E-state index contributed by atoms with van der Waals surface area (Å²) < 4.78 is 14.0. The molecule has 6 heteroatoms. The maximum absolute atomic E-state index is 13.7. The summed E-state index contributed by atoms with van der Waals surface area (Å²) in [6, 6.07) is 3.13. The molecule has 0 aromatic heterocycles. The zero-order valence-corrected chi connectivity index (χ0v) is 12.3. The molecule has 0 bridgehead atoms. The van der Waals surface area contributed by atoms with Crippen LogP contribution in [-0.2, 0) is 0 Å². The lowest BCUT2D eigenvalue weighted by atomic mass is 10.2. The molecule has 1 aromatic rings. The molecule has 2 nitrogen and oxygen atoms in total. The van der Waals surface area contributed by atoms with Crippen LogP contribution in [0.1, 0.15) is 23.5 Å². The number of hydrogen-bond acceptors (Lipinski definition) is 4. The summed E-state index contributed by atoms with van der Waals surface area (Å²) in [5, 5.41) is 4.34. The second-order valence-electron chi connectivity index (χ2n) is 3.78. The zero-order chi connectivity index (χ0) is 13.0. The Bertz CT molecular complexity index is 448. The van der Waals surface area contributed by atoms with E-state index in [2.05, 4.69) is 10.5 Å². The highest BCUT2D eigenvalue weighted by Crippen LogP contribution is 2.46. The molecule has 1 fully saturated rings. The van der Waals surface area contributed by atoms with Crippen molar-refractivity contribution in [3.63, 3.8) is 0 Å². The van der Waals surface area contributed by atoms with Crippen LogP contribution in [0.15, 0.2) is 17.2 Å². The summed E-state index contributed by atoms with van der Waals surface area (Å²) in [6.45, 7) is 1.77. The fourth-order valence-corrected chi connectivity index (χ4v) is 4.97. The Morgan fingerprint density at radius 2 is 2.17 bits per heavy atom. The fraction of sp³-hybridized carbons (Fsp3) is 0.417. The van der Waals surface area contributed by atoms with E-state index in [9.17, 15) is 4.39 Å². The van der Waals surface area contributed by atoms with Crippen LogP contribution in [-0.4, -0.2) is 17.7 Å². The number of hydrazone groups is 1. The summed E-state index contributed by atoms with van der Waals surface area (Å²) in [5.74, 6) is 1.88. The molecule has 0 atom stereocenters. The Hall–Kier alpha value is -0.390. The average molecular weight is 305 g/mol. The van der Waals surface area contributed by atoms with Crippen LogP contribution in [0, 0.1) is 5.82 Å². The lowest BCUT2D eigenvalue weighted by Crippen LogP contribution is -2.03. The predicted molar refractivity (Wildman–Crippen MR) is 81.5 cm³/mol. The van der Waals surface area contributed by atoms with E-state index >= 15 is 0 Å². The monoisotopic (exact) mass is 304 g/mol. The molecule has 2 rings (SSSR count). The summed E-state index contributed by atoms with van der Waals surface area (Å²) >= 11 is 9.85. The van der Waals surface area contributed by atoms with Crippen LogP contribution < -0.4 is 5.43 Å². The quantitative estimate of drug-likeness (QED) is 0.643. The van der Waals surface area contributed by atoms with Gasteiger partial charge in [0.1, 0.15) is 5.82 Å². The van der Waals surface area contributed by atoms with E-state index in [1.807, 2.05) is 23.5 Å². The maximum atomic E-state index is 13.7. The Labute approximate surface area is 120 Å². The molecule has 1 aliphatic rings. The molecule has 1 aromatic carbocycles. The van der Waals surface area contributed by atoms with Gasteiger partial charge < -0.3 is 0 Å². The summed E-state index contributed by atoms with van der Waals surface area (Å²) in [6.07, 6.45) is 2.80. The minimum Gasteiger partial charge on any atom is -0.276 e. The zero-order valence-electron chi connectivity index (χ0n) is 9.95. The van der Waals surface area contributed by atoms with Crippen LogP contribution >= 0.6 is 35.1 Å². The molecular formula is C12H14ClFN2S2. The molecule has 0 radical (unpaired) electrons. The first kappa shape index (κ1) is 14.0. The standard InChI is InChI=1S/C12H14ClFN2S2/c1-2-15-16-11-6-8(9(13)7-10(11)14)12-17-4-3-5-18-12/h2,6-7,12,16H,3-5H2,1H3/b15-2-. The van der Waals surface area contributed by atoms with E-state index in [1.54, 1.807) is 19.2 Å². The smallest absolute Gasteiger partial charge is 0.149 e. The van der Waals surface area contributed by atoms with Gasteiger partial charge in [-0.05, 0) is 42.5 Å². The largest absolute Gasteiger partial charge is 0.276 e. The number of hydrogen-bond donors (Lipinski definition) is 1. The Balaban J connectivity index is 2.28. The van der Waals surface area contributed by atoms with Crippen molar-refractivity contribution in [2.45, 2.75) is 17.9 Å². The Kier molecular flexibility index (Phi) is 5.21. The molecule has 1 heterocycles. The first-order valence-electron chi connectivity index (χ1n) is 5.68. The van der Waals surface area contributed by atoms with E-state index < -0.39 is 0 Å². The van der Waals surface area contributed by atoms with Gasteiger partial charge in [0, 0.05) is 11.2 Å². The number of thioether (sulfide) groups is 2. The Morgan fingerprint density at radius 3 is 2.83 bits per heavy atom. The Morgan fingerprint density at radius 1 is 1.44 bits per heavy atom. The highest BCUT2D eigenvalue weighted by atomic mass is 35.5. The van der Waals surface area contributed by atoms with E-state index in [1.165, 1.54) is 12.5 Å². The number of nitrogens with zero attached hydrogens (tertiary/aromatic N) is 1. The van der Waals surface area contributed by atoms with Crippen molar-refractivity contribution in [3.05, 3.63) is 28.5 Å². The molecule has 0 amide bonds. The molecule has 1 aliphatic heterocycles. The molecule has 0 unspecified atom stereocenters. The van der Waals surface area contributed by atoms with E-state index in [-0.39, 0.29) is 10.4 Å². The average Bonchev–Trinajstić information content (AvgIpc) is 2.39. The van der Waals surface area contributed by atoms with Crippen LogP contribution in [0.25, 0.3) is 0 Å². The van der Waals surface area contributed by atoms with Gasteiger partial charge in [0.15, 0.2) is 0 Å². The van der Waals surface area contributed by atoms with Crippen molar-refractivity contribution in [3.8, 4) is 0 Å². The first-order valence-corrected chi connectivity index (χ1v) is 8.15. The van der Waals surface area contributed by atoms with Crippen molar-refractivity contribution in [2.75, 3.05) is 16.9 Å². The van der Waals surface area contributed by atoms with E-state index in [0.29, 0.717) is 10.7 Å². The van der Waals surface area contributed by atoms with Gasteiger partial charge in [0.05, 0.1) is 10.3 Å². The highest BCUT2D eigenvalue weighted by Gasteiger charge is 2.21. The molecule has 0 spiro atoms. The molecule has 1 N–H and O–H groups in total. The van der Waals surface area contributed by atoms with Gasteiger partial charge in [-0.25, -0.2) is 4.39 Å². The van der Waals surface area contributed by atoms with Gasteiger partial charge in [-0.2, -0.15) is 5.10 Å². The van der Waals surface area contributed by atoms with Crippen molar-refractivity contribution in [2.24, 2.45) is 5.10 Å². The molecular weight excluding hydrogens is 291 g/mol. The third-order valence-corrected chi connectivity index (χ3v) is 5.79.